The average molecular weight is 305 g/mol. The molecule has 1 unspecified atom stereocenters. The number of aryl methyl sites for hydroxylation is 1. The molecule has 0 spiro atoms. The molecular weight excluding hydrogens is 294 g/mol. The lowest BCUT2D eigenvalue weighted by molar-refractivity contribution is -0.174. The SMILES string of the molecule is COc1cc2c(cc1F)CCC(NC(=O)C(F)(F)F)C2=O. The van der Waals surface area contributed by atoms with Crippen molar-refractivity contribution in [3.05, 3.63) is 29.1 Å². The van der Waals surface area contributed by atoms with Gasteiger partial charge in [0, 0.05) is 5.56 Å². The first kappa shape index (κ1) is 15.3. The van der Waals surface area contributed by atoms with Crippen molar-refractivity contribution in [3.8, 4) is 5.75 Å². The van der Waals surface area contributed by atoms with Gasteiger partial charge in [0.15, 0.2) is 17.3 Å². The number of fused-ring (bicyclic) bond motifs is 1. The summed E-state index contributed by atoms with van der Waals surface area (Å²) in [7, 11) is 1.21. The Morgan fingerprint density at radius 3 is 2.62 bits per heavy atom. The predicted octanol–water partition coefficient (Wildman–Crippen LogP) is 2.01. The van der Waals surface area contributed by atoms with Gasteiger partial charge < -0.3 is 10.1 Å². The van der Waals surface area contributed by atoms with Crippen LogP contribution in [0.5, 0.6) is 5.75 Å². The Morgan fingerprint density at radius 2 is 2.05 bits per heavy atom. The summed E-state index contributed by atoms with van der Waals surface area (Å²) in [5.74, 6) is -3.68. The minimum absolute atomic E-state index is 0.0145. The first-order chi connectivity index (χ1) is 9.74. The van der Waals surface area contributed by atoms with Crippen molar-refractivity contribution in [2.75, 3.05) is 7.11 Å². The Balaban J connectivity index is 2.26. The molecule has 21 heavy (non-hydrogen) atoms. The molecule has 1 aromatic rings. The number of ether oxygens (including phenoxy) is 1. The van der Waals surface area contributed by atoms with E-state index >= 15 is 0 Å². The highest BCUT2D eigenvalue weighted by Crippen LogP contribution is 2.28. The van der Waals surface area contributed by atoms with E-state index in [0.29, 0.717) is 5.56 Å². The van der Waals surface area contributed by atoms with Gasteiger partial charge >= 0.3 is 12.1 Å². The van der Waals surface area contributed by atoms with Crippen molar-refractivity contribution in [2.45, 2.75) is 25.1 Å². The van der Waals surface area contributed by atoms with Crippen molar-refractivity contribution in [2.24, 2.45) is 0 Å². The van der Waals surface area contributed by atoms with E-state index in [4.69, 9.17) is 4.74 Å². The lowest BCUT2D eigenvalue weighted by atomic mass is 9.86. The van der Waals surface area contributed by atoms with Gasteiger partial charge in [-0.25, -0.2) is 4.39 Å². The van der Waals surface area contributed by atoms with Crippen molar-refractivity contribution in [3.63, 3.8) is 0 Å². The molecule has 8 heteroatoms. The van der Waals surface area contributed by atoms with Gasteiger partial charge in [-0.05, 0) is 30.5 Å². The number of Topliss-reactive ketones (excluding diaryl/α,β-unsaturated/α-hetero) is 1. The number of halogens is 4. The molecule has 0 bridgehead atoms. The molecule has 1 amide bonds. The number of methoxy groups -OCH3 is 1. The molecule has 0 fully saturated rings. The first-order valence-electron chi connectivity index (χ1n) is 6.02. The fraction of sp³-hybridized carbons (Fsp3) is 0.385. The number of ketones is 1. The Hall–Kier alpha value is -2.12. The third-order valence-electron chi connectivity index (χ3n) is 3.22. The highest BCUT2D eigenvalue weighted by molar-refractivity contribution is 6.04. The highest BCUT2D eigenvalue weighted by atomic mass is 19.4. The fourth-order valence-corrected chi connectivity index (χ4v) is 2.18. The van der Waals surface area contributed by atoms with Crippen LogP contribution in [0.2, 0.25) is 0 Å². The average Bonchev–Trinajstić information content (AvgIpc) is 2.40. The topological polar surface area (TPSA) is 55.4 Å². The maximum atomic E-state index is 13.5. The van der Waals surface area contributed by atoms with Crippen LogP contribution in [0.25, 0.3) is 0 Å². The third kappa shape index (κ3) is 2.98. The van der Waals surface area contributed by atoms with Gasteiger partial charge in [0.2, 0.25) is 0 Å². The zero-order valence-electron chi connectivity index (χ0n) is 10.9. The molecule has 0 saturated carbocycles. The van der Waals surface area contributed by atoms with Crippen LogP contribution in [0.1, 0.15) is 22.3 Å². The maximum Gasteiger partial charge on any atom is 0.471 e. The smallest absolute Gasteiger partial charge is 0.471 e. The number of hydrogen-bond donors (Lipinski definition) is 1. The number of nitrogens with one attached hydrogen (secondary N) is 1. The zero-order chi connectivity index (χ0) is 15.8. The number of benzene rings is 1. The van der Waals surface area contributed by atoms with E-state index in [1.54, 1.807) is 5.32 Å². The van der Waals surface area contributed by atoms with Crippen molar-refractivity contribution >= 4 is 11.7 Å². The molecule has 0 aliphatic heterocycles. The van der Waals surface area contributed by atoms with E-state index in [1.165, 1.54) is 7.11 Å². The Labute approximate surface area is 117 Å². The predicted molar refractivity (Wildman–Crippen MR) is 63.6 cm³/mol. The standard InChI is InChI=1S/C13H11F4NO3/c1-21-10-5-7-6(4-8(10)14)2-3-9(11(7)19)18-12(20)13(15,16)17/h4-5,9H,2-3H2,1H3,(H,18,20). The highest BCUT2D eigenvalue weighted by Gasteiger charge is 2.41. The second kappa shape index (κ2) is 5.34. The van der Waals surface area contributed by atoms with E-state index < -0.39 is 29.7 Å². The van der Waals surface area contributed by atoms with Crippen LogP contribution >= 0.6 is 0 Å². The lowest BCUT2D eigenvalue weighted by Crippen LogP contribution is -2.48. The van der Waals surface area contributed by atoms with Crippen LogP contribution in [0, 0.1) is 5.82 Å². The molecule has 1 aliphatic carbocycles. The molecule has 0 saturated heterocycles. The van der Waals surface area contributed by atoms with E-state index in [1.807, 2.05) is 0 Å². The maximum absolute atomic E-state index is 13.5. The van der Waals surface area contributed by atoms with Crippen molar-refractivity contribution < 1.29 is 31.9 Å². The number of carbonyl (C=O) groups is 2. The lowest BCUT2D eigenvalue weighted by Gasteiger charge is -2.25. The van der Waals surface area contributed by atoms with E-state index in [-0.39, 0.29) is 24.2 Å². The molecule has 1 aliphatic rings. The minimum Gasteiger partial charge on any atom is -0.494 e. The van der Waals surface area contributed by atoms with Crippen LogP contribution in [0.4, 0.5) is 17.6 Å². The minimum atomic E-state index is -5.05. The number of amides is 1. The molecule has 1 N–H and O–H groups in total. The number of carbonyl (C=O) groups excluding carboxylic acids is 2. The zero-order valence-corrected chi connectivity index (χ0v) is 10.9. The Bertz CT molecular complexity index is 598. The summed E-state index contributed by atoms with van der Waals surface area (Å²) in [6, 6.07) is 0.981. The monoisotopic (exact) mass is 305 g/mol. The summed E-state index contributed by atoms with van der Waals surface area (Å²) < 4.78 is 54.9. The van der Waals surface area contributed by atoms with Gasteiger partial charge in [-0.1, -0.05) is 0 Å². The number of hydrogen-bond acceptors (Lipinski definition) is 3. The molecular formula is C13H11F4NO3. The molecule has 1 aromatic carbocycles. The molecule has 2 rings (SSSR count). The van der Waals surface area contributed by atoms with E-state index in [0.717, 1.165) is 12.1 Å². The van der Waals surface area contributed by atoms with Gasteiger partial charge in [0.1, 0.15) is 0 Å². The second-order valence-corrected chi connectivity index (χ2v) is 4.57. The fourth-order valence-electron chi connectivity index (χ4n) is 2.18. The van der Waals surface area contributed by atoms with Gasteiger partial charge in [0.05, 0.1) is 13.2 Å². The molecule has 4 nitrogen and oxygen atoms in total. The Kier molecular flexibility index (Phi) is 3.89. The summed E-state index contributed by atoms with van der Waals surface area (Å²) in [5.41, 5.74) is 0.447. The quantitative estimate of drug-likeness (QED) is 0.850. The molecule has 0 aromatic heterocycles. The largest absolute Gasteiger partial charge is 0.494 e. The number of alkyl halides is 3. The van der Waals surface area contributed by atoms with E-state index in [2.05, 4.69) is 0 Å². The summed E-state index contributed by atoms with van der Waals surface area (Å²) >= 11 is 0. The van der Waals surface area contributed by atoms with Crippen molar-refractivity contribution in [1.29, 1.82) is 0 Å². The van der Waals surface area contributed by atoms with Gasteiger partial charge in [0.25, 0.3) is 0 Å². The van der Waals surface area contributed by atoms with Crippen LogP contribution in [-0.4, -0.2) is 31.0 Å². The van der Waals surface area contributed by atoms with Gasteiger partial charge in [-0.3, -0.25) is 9.59 Å². The molecule has 0 radical (unpaired) electrons. The summed E-state index contributed by atoms with van der Waals surface area (Å²) in [6.07, 6.45) is -4.88. The summed E-state index contributed by atoms with van der Waals surface area (Å²) in [5, 5.41) is 1.65. The molecule has 0 heterocycles. The summed E-state index contributed by atoms with van der Waals surface area (Å²) in [6.45, 7) is 0. The van der Waals surface area contributed by atoms with Crippen LogP contribution in [-0.2, 0) is 11.2 Å². The van der Waals surface area contributed by atoms with Gasteiger partial charge in [-0.2, -0.15) is 13.2 Å². The van der Waals surface area contributed by atoms with Gasteiger partial charge in [-0.15, -0.1) is 0 Å². The normalized spacial score (nSPS) is 18.1. The first-order valence-corrected chi connectivity index (χ1v) is 6.02. The van der Waals surface area contributed by atoms with Crippen molar-refractivity contribution in [1.82, 2.24) is 5.32 Å². The van der Waals surface area contributed by atoms with Crippen LogP contribution in [0.3, 0.4) is 0 Å². The second-order valence-electron chi connectivity index (χ2n) is 4.57. The molecule has 1 atom stereocenters. The summed E-state index contributed by atoms with van der Waals surface area (Å²) in [4.78, 5) is 23.0. The Morgan fingerprint density at radius 1 is 1.38 bits per heavy atom. The third-order valence-corrected chi connectivity index (χ3v) is 3.22. The molecule has 114 valence electrons. The number of rotatable bonds is 2. The van der Waals surface area contributed by atoms with Crippen LogP contribution in [0.15, 0.2) is 12.1 Å². The van der Waals surface area contributed by atoms with Crippen LogP contribution < -0.4 is 10.1 Å². The van der Waals surface area contributed by atoms with E-state index in [9.17, 15) is 27.2 Å².